The van der Waals surface area contributed by atoms with Crippen LogP contribution >= 0.6 is 0 Å². The molecule has 1 aliphatic rings. The monoisotopic (exact) mass is 416 g/mol. The number of aryl methyl sites for hydroxylation is 3. The second-order valence-electron chi connectivity index (χ2n) is 7.35. The van der Waals surface area contributed by atoms with Gasteiger partial charge in [0.1, 0.15) is 5.69 Å². The molecule has 0 aromatic carbocycles. The van der Waals surface area contributed by atoms with Gasteiger partial charge in [0.15, 0.2) is 5.03 Å². The highest BCUT2D eigenvalue weighted by atomic mass is 32.2. The summed E-state index contributed by atoms with van der Waals surface area (Å²) in [7, 11) is 0.117. The summed E-state index contributed by atoms with van der Waals surface area (Å²) in [5.74, 6) is 0.530. The van der Waals surface area contributed by atoms with Gasteiger partial charge in [0.2, 0.25) is 5.95 Å². The predicted molar refractivity (Wildman–Crippen MR) is 108 cm³/mol. The van der Waals surface area contributed by atoms with Crippen LogP contribution in [0.3, 0.4) is 0 Å². The highest BCUT2D eigenvalue weighted by molar-refractivity contribution is 7.89. The average Bonchev–Trinajstić information content (AvgIpc) is 3.32. The first kappa shape index (κ1) is 19.5. The van der Waals surface area contributed by atoms with Crippen molar-refractivity contribution in [2.75, 3.05) is 18.4 Å². The van der Waals surface area contributed by atoms with Gasteiger partial charge in [0, 0.05) is 51.8 Å². The highest BCUT2D eigenvalue weighted by Gasteiger charge is 2.31. The molecular weight excluding hydrogens is 392 g/mol. The molecule has 29 heavy (non-hydrogen) atoms. The zero-order valence-corrected chi connectivity index (χ0v) is 17.5. The molecule has 0 radical (unpaired) electrons. The molecule has 10 nitrogen and oxygen atoms in total. The SMILES string of the molecule is Cc1cnc(NC2CCN(S(=O)(=O)c3cn(C)cn3)CC2)nc1-c1cn(C)cn1. The number of nitrogens with zero attached hydrogens (tertiary/aromatic N) is 7. The van der Waals surface area contributed by atoms with Crippen LogP contribution in [0.4, 0.5) is 5.95 Å². The number of piperidine rings is 1. The Morgan fingerprint density at radius 3 is 2.34 bits per heavy atom. The number of imidazole rings is 2. The van der Waals surface area contributed by atoms with Crippen LogP contribution in [0, 0.1) is 6.92 Å². The average molecular weight is 417 g/mol. The summed E-state index contributed by atoms with van der Waals surface area (Å²) in [5.41, 5.74) is 2.54. The van der Waals surface area contributed by atoms with Gasteiger partial charge in [-0.25, -0.2) is 28.4 Å². The Morgan fingerprint density at radius 2 is 1.72 bits per heavy atom. The zero-order valence-electron chi connectivity index (χ0n) is 16.6. The van der Waals surface area contributed by atoms with E-state index in [1.807, 2.05) is 24.7 Å². The van der Waals surface area contributed by atoms with Crippen molar-refractivity contribution in [1.82, 2.24) is 33.4 Å². The van der Waals surface area contributed by atoms with E-state index in [1.54, 1.807) is 24.1 Å². The fourth-order valence-electron chi connectivity index (χ4n) is 3.38. The zero-order chi connectivity index (χ0) is 20.6. The molecule has 1 aliphatic heterocycles. The topological polar surface area (TPSA) is 111 Å². The molecule has 0 saturated carbocycles. The molecule has 3 aromatic rings. The molecular formula is C18H24N8O2S. The predicted octanol–water partition coefficient (Wildman–Crippen LogP) is 1.18. The van der Waals surface area contributed by atoms with Crippen molar-refractivity contribution in [3.63, 3.8) is 0 Å². The van der Waals surface area contributed by atoms with E-state index in [4.69, 9.17) is 0 Å². The Labute approximate surface area is 169 Å². The molecule has 11 heteroatoms. The quantitative estimate of drug-likeness (QED) is 0.665. The van der Waals surface area contributed by atoms with Gasteiger partial charge in [-0.15, -0.1) is 0 Å². The first-order valence-corrected chi connectivity index (χ1v) is 10.8. The van der Waals surface area contributed by atoms with Crippen molar-refractivity contribution in [3.8, 4) is 11.4 Å². The lowest BCUT2D eigenvalue weighted by Gasteiger charge is -2.31. The molecule has 0 aliphatic carbocycles. The van der Waals surface area contributed by atoms with Crippen molar-refractivity contribution in [1.29, 1.82) is 0 Å². The Hall–Kier alpha value is -2.79. The largest absolute Gasteiger partial charge is 0.351 e. The molecule has 0 unspecified atom stereocenters. The third-order valence-electron chi connectivity index (χ3n) is 4.99. The molecule has 4 rings (SSSR count). The van der Waals surface area contributed by atoms with Crippen LogP contribution in [0.25, 0.3) is 11.4 Å². The summed E-state index contributed by atoms with van der Waals surface area (Å²) in [6.45, 7) is 2.81. The molecule has 0 bridgehead atoms. The van der Waals surface area contributed by atoms with E-state index in [9.17, 15) is 8.42 Å². The van der Waals surface area contributed by atoms with Crippen molar-refractivity contribution < 1.29 is 8.42 Å². The summed E-state index contributed by atoms with van der Waals surface area (Å²) >= 11 is 0. The van der Waals surface area contributed by atoms with Gasteiger partial charge >= 0.3 is 0 Å². The van der Waals surface area contributed by atoms with Crippen LogP contribution < -0.4 is 5.32 Å². The van der Waals surface area contributed by atoms with Crippen molar-refractivity contribution in [3.05, 3.63) is 36.8 Å². The maximum atomic E-state index is 12.7. The lowest BCUT2D eigenvalue weighted by Crippen LogP contribution is -2.42. The summed E-state index contributed by atoms with van der Waals surface area (Å²) in [4.78, 5) is 17.4. The van der Waals surface area contributed by atoms with Gasteiger partial charge < -0.3 is 14.5 Å². The van der Waals surface area contributed by atoms with Crippen LogP contribution in [0.2, 0.25) is 0 Å². The van der Waals surface area contributed by atoms with Gasteiger partial charge in [-0.05, 0) is 25.3 Å². The molecule has 1 N–H and O–H groups in total. The minimum atomic E-state index is -3.55. The Morgan fingerprint density at radius 1 is 1.03 bits per heavy atom. The standard InChI is InChI=1S/C18H24N8O2S/c1-13-8-19-18(23-17(13)15-9-24(2)11-20-15)22-14-4-6-26(7-5-14)29(27,28)16-10-25(3)12-21-16/h8-12,14H,4-7H2,1-3H3,(H,19,22,23). The number of anilines is 1. The fraction of sp³-hybridized carbons (Fsp3) is 0.444. The summed E-state index contributed by atoms with van der Waals surface area (Å²) in [5, 5.41) is 3.43. The van der Waals surface area contributed by atoms with Gasteiger partial charge in [-0.1, -0.05) is 0 Å². The number of sulfonamides is 1. The van der Waals surface area contributed by atoms with Crippen LogP contribution in [-0.2, 0) is 24.1 Å². The van der Waals surface area contributed by atoms with Crippen molar-refractivity contribution >= 4 is 16.0 Å². The van der Waals surface area contributed by atoms with E-state index in [1.165, 1.54) is 16.8 Å². The summed E-state index contributed by atoms with van der Waals surface area (Å²) in [6, 6.07) is 0.101. The van der Waals surface area contributed by atoms with Crippen molar-refractivity contribution in [2.24, 2.45) is 14.1 Å². The first-order chi connectivity index (χ1) is 13.8. The molecule has 4 heterocycles. The Bertz CT molecular complexity index is 1110. The van der Waals surface area contributed by atoms with Gasteiger partial charge in [-0.2, -0.15) is 4.31 Å². The second kappa shape index (κ2) is 7.56. The lowest BCUT2D eigenvalue weighted by atomic mass is 10.1. The number of rotatable bonds is 5. The Balaban J connectivity index is 1.42. The summed E-state index contributed by atoms with van der Waals surface area (Å²) in [6.07, 6.45) is 9.79. The number of hydrogen-bond donors (Lipinski definition) is 1. The molecule has 3 aromatic heterocycles. The van der Waals surface area contributed by atoms with E-state index < -0.39 is 10.0 Å². The molecule has 0 spiro atoms. The van der Waals surface area contributed by atoms with E-state index in [0.29, 0.717) is 31.9 Å². The van der Waals surface area contributed by atoms with E-state index >= 15 is 0 Å². The van der Waals surface area contributed by atoms with Crippen LogP contribution in [0.1, 0.15) is 18.4 Å². The molecule has 0 atom stereocenters. The molecule has 1 saturated heterocycles. The van der Waals surface area contributed by atoms with Gasteiger partial charge in [-0.3, -0.25) is 0 Å². The Kier molecular flexibility index (Phi) is 5.09. The van der Waals surface area contributed by atoms with Crippen LogP contribution in [-0.4, -0.2) is 60.9 Å². The maximum Gasteiger partial charge on any atom is 0.262 e. The third-order valence-corrected chi connectivity index (χ3v) is 6.78. The van der Waals surface area contributed by atoms with Crippen molar-refractivity contribution in [2.45, 2.75) is 30.8 Å². The minimum absolute atomic E-state index is 0.0910. The van der Waals surface area contributed by atoms with E-state index in [-0.39, 0.29) is 11.1 Å². The van der Waals surface area contributed by atoms with Gasteiger partial charge in [0.25, 0.3) is 10.0 Å². The smallest absolute Gasteiger partial charge is 0.262 e. The molecule has 154 valence electrons. The normalized spacial score (nSPS) is 16.2. The molecule has 1 fully saturated rings. The second-order valence-corrected chi connectivity index (χ2v) is 9.23. The fourth-order valence-corrected chi connectivity index (χ4v) is 4.82. The number of nitrogens with one attached hydrogen (secondary N) is 1. The van der Waals surface area contributed by atoms with E-state index in [0.717, 1.165) is 17.0 Å². The first-order valence-electron chi connectivity index (χ1n) is 9.39. The van der Waals surface area contributed by atoms with Crippen LogP contribution in [0.5, 0.6) is 0 Å². The third kappa shape index (κ3) is 4.01. The molecule has 0 amide bonds. The minimum Gasteiger partial charge on any atom is -0.351 e. The summed E-state index contributed by atoms with van der Waals surface area (Å²) < 4.78 is 30.4. The lowest BCUT2D eigenvalue weighted by molar-refractivity contribution is 0.328. The number of aromatic nitrogens is 6. The van der Waals surface area contributed by atoms with Crippen LogP contribution in [0.15, 0.2) is 36.3 Å². The van der Waals surface area contributed by atoms with Gasteiger partial charge in [0.05, 0.1) is 18.3 Å². The highest BCUT2D eigenvalue weighted by Crippen LogP contribution is 2.23. The van der Waals surface area contributed by atoms with E-state index in [2.05, 4.69) is 25.3 Å². The maximum absolute atomic E-state index is 12.7. The number of hydrogen-bond acceptors (Lipinski definition) is 7.